The molecular formula is C25H34N4O. The van der Waals surface area contributed by atoms with Crippen LogP contribution in [0.25, 0.3) is 0 Å². The van der Waals surface area contributed by atoms with Gasteiger partial charge in [-0.15, -0.1) is 0 Å². The van der Waals surface area contributed by atoms with Crippen LogP contribution in [0, 0.1) is 12.3 Å². The zero-order valence-corrected chi connectivity index (χ0v) is 18.5. The fourth-order valence-electron chi connectivity index (χ4n) is 6.83. The minimum atomic E-state index is 0.193. The Bertz CT molecular complexity index is 909. The van der Waals surface area contributed by atoms with E-state index in [0.29, 0.717) is 24.7 Å². The Morgan fingerprint density at radius 3 is 2.60 bits per heavy atom. The predicted octanol–water partition coefficient (Wildman–Crippen LogP) is 3.67. The van der Waals surface area contributed by atoms with E-state index in [0.717, 1.165) is 24.8 Å². The number of carbonyl (C=O) groups is 1. The van der Waals surface area contributed by atoms with Crippen molar-refractivity contribution in [3.05, 3.63) is 53.9 Å². The van der Waals surface area contributed by atoms with E-state index < -0.39 is 0 Å². The highest BCUT2D eigenvalue weighted by atomic mass is 16.2. The average molecular weight is 407 g/mol. The van der Waals surface area contributed by atoms with Crippen molar-refractivity contribution in [3.8, 4) is 0 Å². The Hall–Kier alpha value is -2.14. The summed E-state index contributed by atoms with van der Waals surface area (Å²) in [5.41, 5.74) is 2.66. The van der Waals surface area contributed by atoms with Gasteiger partial charge in [-0.05, 0) is 50.8 Å². The van der Waals surface area contributed by atoms with Crippen molar-refractivity contribution >= 4 is 5.91 Å². The van der Waals surface area contributed by atoms with Crippen molar-refractivity contribution < 1.29 is 4.79 Å². The van der Waals surface area contributed by atoms with Crippen molar-refractivity contribution in [1.29, 1.82) is 0 Å². The molecule has 1 aliphatic carbocycles. The first-order valence-corrected chi connectivity index (χ1v) is 11.5. The van der Waals surface area contributed by atoms with Crippen molar-refractivity contribution in [2.75, 3.05) is 7.05 Å². The number of rotatable bonds is 4. The average Bonchev–Trinajstić information content (AvgIpc) is 3.19. The Balaban J connectivity index is 1.49. The van der Waals surface area contributed by atoms with E-state index in [1.54, 1.807) is 0 Å². The maximum absolute atomic E-state index is 13.7. The third-order valence-electron chi connectivity index (χ3n) is 8.16. The molecule has 3 aliphatic rings. The van der Waals surface area contributed by atoms with E-state index in [-0.39, 0.29) is 17.4 Å². The molecule has 5 rings (SSSR count). The topological polar surface area (TPSA) is 41.4 Å². The van der Waals surface area contributed by atoms with Gasteiger partial charge in [-0.1, -0.05) is 50.1 Å². The lowest BCUT2D eigenvalue weighted by Gasteiger charge is -2.49. The molecule has 30 heavy (non-hydrogen) atoms. The second-order valence-electron chi connectivity index (χ2n) is 10.0. The lowest BCUT2D eigenvalue weighted by molar-refractivity contribution is -0.136. The summed E-state index contributed by atoms with van der Waals surface area (Å²) in [7, 11) is 2.32. The summed E-state index contributed by atoms with van der Waals surface area (Å²) in [5, 5.41) is 4.39. The second-order valence-corrected chi connectivity index (χ2v) is 10.0. The fraction of sp³-hybridized carbons (Fsp3) is 0.600. The number of carbonyl (C=O) groups excluding carboxylic acids is 1. The van der Waals surface area contributed by atoms with Gasteiger partial charge in [-0.25, -0.2) is 0 Å². The number of hydrogen-bond acceptors (Lipinski definition) is 3. The molecular weight excluding hydrogens is 372 g/mol. The van der Waals surface area contributed by atoms with Crippen LogP contribution in [0.4, 0.5) is 0 Å². The first kappa shape index (κ1) is 19.8. The van der Waals surface area contributed by atoms with E-state index in [1.165, 1.54) is 24.8 Å². The summed E-state index contributed by atoms with van der Waals surface area (Å²) in [6.45, 7) is 4.84. The highest BCUT2D eigenvalue weighted by Gasteiger charge is 2.61. The van der Waals surface area contributed by atoms with Gasteiger partial charge >= 0.3 is 0 Å². The summed E-state index contributed by atoms with van der Waals surface area (Å²) >= 11 is 0. The maximum Gasteiger partial charge on any atom is 0.244 e. The molecule has 2 bridgehead atoms. The van der Waals surface area contributed by atoms with Gasteiger partial charge in [0.2, 0.25) is 5.91 Å². The van der Waals surface area contributed by atoms with Gasteiger partial charge in [-0.3, -0.25) is 14.4 Å². The number of amides is 1. The van der Waals surface area contributed by atoms with Crippen LogP contribution in [0.5, 0.6) is 0 Å². The number of aryl methyl sites for hydroxylation is 1. The SMILES string of the molecule is Cc1cnn(CC(=O)N2[C@H]3CCCC[C@H]4N(C)[C@@H](Cc5ccccc5)[C@@H]2C[C@@]34C)c1. The Morgan fingerprint density at radius 2 is 1.90 bits per heavy atom. The number of piperidine rings is 1. The highest BCUT2D eigenvalue weighted by molar-refractivity contribution is 5.77. The monoisotopic (exact) mass is 406 g/mol. The standard InChI is InChI=1S/C25H34N4O/c1-18-15-26-28(16-18)17-24(30)29-21-14-25(2)22(11-7-8-12-23(25)29)27(3)20(21)13-19-9-5-4-6-10-19/h4-6,9-10,15-16,20-23H,7-8,11-14,17H2,1-3H3/t20-,21-,22+,23-,25+/m0/s1. The number of likely N-dealkylation sites (tertiary alicyclic amines) is 2. The largest absolute Gasteiger partial charge is 0.333 e. The lowest BCUT2D eigenvalue weighted by Crippen LogP contribution is -2.58. The van der Waals surface area contributed by atoms with Crippen LogP contribution >= 0.6 is 0 Å². The van der Waals surface area contributed by atoms with Gasteiger partial charge in [-0.2, -0.15) is 5.10 Å². The molecule has 2 aromatic rings. The van der Waals surface area contributed by atoms with Gasteiger partial charge < -0.3 is 4.90 Å². The molecule has 0 radical (unpaired) electrons. The number of nitrogens with zero attached hydrogens (tertiary/aromatic N) is 4. The smallest absolute Gasteiger partial charge is 0.244 e. The van der Waals surface area contributed by atoms with Crippen molar-refractivity contribution in [2.24, 2.45) is 5.41 Å². The third kappa shape index (κ3) is 3.18. The van der Waals surface area contributed by atoms with Crippen LogP contribution in [0.2, 0.25) is 0 Å². The van der Waals surface area contributed by atoms with Crippen LogP contribution in [0.3, 0.4) is 0 Å². The molecule has 3 heterocycles. The molecule has 0 unspecified atom stereocenters. The maximum atomic E-state index is 13.7. The Labute approximate surface area is 180 Å². The summed E-state index contributed by atoms with van der Waals surface area (Å²) in [6, 6.07) is 12.4. The molecule has 1 saturated carbocycles. The summed E-state index contributed by atoms with van der Waals surface area (Å²) < 4.78 is 1.81. The zero-order valence-electron chi connectivity index (χ0n) is 18.5. The van der Waals surface area contributed by atoms with Crippen molar-refractivity contribution in [1.82, 2.24) is 19.6 Å². The number of likely N-dealkylation sites (N-methyl/N-ethyl adjacent to an activating group) is 1. The number of hydrogen-bond donors (Lipinski definition) is 0. The van der Waals surface area contributed by atoms with E-state index in [2.05, 4.69) is 59.2 Å². The van der Waals surface area contributed by atoms with Gasteiger partial charge in [0.15, 0.2) is 0 Å². The Morgan fingerprint density at radius 1 is 1.17 bits per heavy atom. The Kier molecular flexibility index (Phi) is 4.97. The van der Waals surface area contributed by atoms with Crippen LogP contribution < -0.4 is 0 Å². The quantitative estimate of drug-likeness (QED) is 0.778. The van der Waals surface area contributed by atoms with Crippen molar-refractivity contribution in [3.63, 3.8) is 0 Å². The molecule has 1 aromatic carbocycles. The summed E-state index contributed by atoms with van der Waals surface area (Å²) in [4.78, 5) is 18.6. The molecule has 160 valence electrons. The predicted molar refractivity (Wildman–Crippen MR) is 118 cm³/mol. The van der Waals surface area contributed by atoms with E-state index >= 15 is 0 Å². The number of benzene rings is 1. The first-order chi connectivity index (χ1) is 14.5. The molecule has 3 fully saturated rings. The van der Waals surface area contributed by atoms with E-state index in [9.17, 15) is 4.79 Å². The summed E-state index contributed by atoms with van der Waals surface area (Å²) in [5.74, 6) is 0.242. The van der Waals surface area contributed by atoms with Gasteiger partial charge in [0.1, 0.15) is 6.54 Å². The van der Waals surface area contributed by atoms with E-state index in [4.69, 9.17) is 0 Å². The van der Waals surface area contributed by atoms with Crippen LogP contribution in [0.1, 0.15) is 50.2 Å². The van der Waals surface area contributed by atoms with Crippen molar-refractivity contribution in [2.45, 2.75) is 83.1 Å². The lowest BCUT2D eigenvalue weighted by atomic mass is 9.69. The van der Waals surface area contributed by atoms with Gasteiger partial charge in [0, 0.05) is 35.8 Å². The number of fused-ring (bicyclic) bond motifs is 1. The van der Waals surface area contributed by atoms with Crippen LogP contribution in [0.15, 0.2) is 42.7 Å². The molecule has 0 N–H and O–H groups in total. The fourth-order valence-corrected chi connectivity index (χ4v) is 6.83. The minimum absolute atomic E-state index is 0.193. The third-order valence-corrected chi connectivity index (χ3v) is 8.16. The highest BCUT2D eigenvalue weighted by Crippen LogP contribution is 2.55. The molecule has 1 aromatic heterocycles. The van der Waals surface area contributed by atoms with Gasteiger partial charge in [0.25, 0.3) is 0 Å². The second kappa shape index (κ2) is 7.52. The molecule has 0 spiro atoms. The van der Waals surface area contributed by atoms with Gasteiger partial charge in [0.05, 0.1) is 6.20 Å². The molecule has 5 nitrogen and oxygen atoms in total. The van der Waals surface area contributed by atoms with Crippen LogP contribution in [-0.4, -0.2) is 56.7 Å². The van der Waals surface area contributed by atoms with Crippen LogP contribution in [-0.2, 0) is 17.8 Å². The molecule has 1 amide bonds. The number of aromatic nitrogens is 2. The van der Waals surface area contributed by atoms with E-state index in [1.807, 2.05) is 24.0 Å². The first-order valence-electron chi connectivity index (χ1n) is 11.5. The molecule has 5 atom stereocenters. The normalized spacial score (nSPS) is 33.5. The summed E-state index contributed by atoms with van der Waals surface area (Å²) in [6.07, 6.45) is 10.8. The minimum Gasteiger partial charge on any atom is -0.333 e. The molecule has 2 aliphatic heterocycles. The molecule has 5 heteroatoms. The molecule has 2 saturated heterocycles. The zero-order chi connectivity index (χ0) is 20.9.